The van der Waals surface area contributed by atoms with Crippen molar-refractivity contribution in [3.05, 3.63) is 58.5 Å². The lowest BCUT2D eigenvalue weighted by Gasteiger charge is -2.24. The van der Waals surface area contributed by atoms with Gasteiger partial charge in [-0.3, -0.25) is 4.79 Å². The van der Waals surface area contributed by atoms with Gasteiger partial charge in [-0.15, -0.1) is 0 Å². The first-order chi connectivity index (χ1) is 8.59. The highest BCUT2D eigenvalue weighted by Crippen LogP contribution is 2.22. The monoisotopic (exact) mass is 307 g/mol. The van der Waals surface area contributed by atoms with Gasteiger partial charge in [0.2, 0.25) is 0 Å². The number of hydrogen-bond acceptors (Lipinski definition) is 2. The van der Waals surface area contributed by atoms with Crippen molar-refractivity contribution in [2.75, 3.05) is 7.05 Å². The lowest BCUT2D eigenvalue weighted by molar-refractivity contribution is 0.0709. The molecule has 0 aliphatic rings. The molecule has 0 aliphatic heterocycles. The molecule has 0 bridgehead atoms. The summed E-state index contributed by atoms with van der Waals surface area (Å²) >= 11 is 3.19. The summed E-state index contributed by atoms with van der Waals surface area (Å²) in [6.45, 7) is 1.99. The summed E-state index contributed by atoms with van der Waals surface area (Å²) in [7, 11) is 1.77. The van der Waals surface area contributed by atoms with Gasteiger partial charge in [0.15, 0.2) is 10.4 Å². The maximum atomic E-state index is 12.2. The zero-order chi connectivity index (χ0) is 13.1. The molecule has 0 N–H and O–H groups in total. The van der Waals surface area contributed by atoms with Gasteiger partial charge in [0.05, 0.1) is 6.04 Å². The number of nitrogens with zero attached hydrogens (tertiary/aromatic N) is 1. The lowest BCUT2D eigenvalue weighted by atomic mass is 10.1. The molecule has 2 rings (SSSR count). The van der Waals surface area contributed by atoms with Gasteiger partial charge >= 0.3 is 0 Å². The van der Waals surface area contributed by atoms with E-state index < -0.39 is 0 Å². The van der Waals surface area contributed by atoms with E-state index in [4.69, 9.17) is 4.42 Å². The maximum absolute atomic E-state index is 12.2. The Bertz CT molecular complexity index is 536. The molecule has 0 saturated heterocycles. The predicted molar refractivity (Wildman–Crippen MR) is 73.4 cm³/mol. The maximum Gasteiger partial charge on any atom is 0.289 e. The van der Waals surface area contributed by atoms with E-state index in [0.29, 0.717) is 10.4 Å². The number of benzene rings is 1. The van der Waals surface area contributed by atoms with Crippen molar-refractivity contribution in [1.82, 2.24) is 4.90 Å². The number of hydrogen-bond donors (Lipinski definition) is 0. The number of furan rings is 1. The van der Waals surface area contributed by atoms with Crippen LogP contribution in [0.5, 0.6) is 0 Å². The molecular weight excluding hydrogens is 294 g/mol. The highest BCUT2D eigenvalue weighted by molar-refractivity contribution is 9.10. The van der Waals surface area contributed by atoms with E-state index in [-0.39, 0.29) is 11.9 Å². The van der Waals surface area contributed by atoms with Crippen LogP contribution in [-0.2, 0) is 0 Å². The third-order valence-electron chi connectivity index (χ3n) is 2.97. The molecule has 1 aromatic carbocycles. The first-order valence-corrected chi connectivity index (χ1v) is 6.46. The number of amides is 1. The molecular formula is C14H14BrNO2. The molecule has 1 atom stereocenters. The Morgan fingerprint density at radius 2 is 1.89 bits per heavy atom. The molecule has 1 aromatic heterocycles. The van der Waals surface area contributed by atoms with Crippen LogP contribution in [-0.4, -0.2) is 17.9 Å². The molecule has 1 unspecified atom stereocenters. The minimum atomic E-state index is -0.128. The van der Waals surface area contributed by atoms with Crippen LogP contribution >= 0.6 is 15.9 Å². The van der Waals surface area contributed by atoms with Crippen molar-refractivity contribution in [2.24, 2.45) is 0 Å². The molecule has 0 radical (unpaired) electrons. The van der Waals surface area contributed by atoms with Gasteiger partial charge in [-0.05, 0) is 40.5 Å². The molecule has 1 heterocycles. The molecule has 1 amide bonds. The molecule has 3 nitrogen and oxygen atoms in total. The van der Waals surface area contributed by atoms with Crippen molar-refractivity contribution < 1.29 is 9.21 Å². The lowest BCUT2D eigenvalue weighted by Crippen LogP contribution is -2.29. The largest absolute Gasteiger partial charge is 0.444 e. The van der Waals surface area contributed by atoms with Crippen molar-refractivity contribution >= 4 is 21.8 Å². The SMILES string of the molecule is CC(c1ccccc1)N(C)C(=O)c1ccc(Br)o1. The second-order valence-corrected chi connectivity index (χ2v) is 4.89. The fraction of sp³-hybridized carbons (Fsp3) is 0.214. The van der Waals surface area contributed by atoms with Crippen LogP contribution in [0, 0.1) is 0 Å². The second-order valence-electron chi connectivity index (χ2n) is 4.11. The van der Waals surface area contributed by atoms with E-state index in [2.05, 4.69) is 15.9 Å². The minimum absolute atomic E-state index is 0.00238. The number of halogens is 1. The van der Waals surface area contributed by atoms with Crippen molar-refractivity contribution in [1.29, 1.82) is 0 Å². The van der Waals surface area contributed by atoms with E-state index in [0.717, 1.165) is 5.56 Å². The molecule has 0 spiro atoms. The third kappa shape index (κ3) is 2.64. The van der Waals surface area contributed by atoms with Crippen molar-refractivity contribution in [3.63, 3.8) is 0 Å². The summed E-state index contributed by atoms with van der Waals surface area (Å²) in [5.74, 6) is 0.212. The average molecular weight is 308 g/mol. The smallest absolute Gasteiger partial charge is 0.289 e. The van der Waals surface area contributed by atoms with Gasteiger partial charge in [0, 0.05) is 7.05 Å². The van der Waals surface area contributed by atoms with Gasteiger partial charge in [-0.25, -0.2) is 0 Å². The Labute approximate surface area is 115 Å². The predicted octanol–water partition coefficient (Wildman–Crippen LogP) is 3.88. The van der Waals surface area contributed by atoms with E-state index in [1.54, 1.807) is 24.1 Å². The fourth-order valence-corrected chi connectivity index (χ4v) is 2.04. The molecule has 0 saturated carbocycles. The Morgan fingerprint density at radius 1 is 1.22 bits per heavy atom. The van der Waals surface area contributed by atoms with Gasteiger partial charge in [0.25, 0.3) is 5.91 Å². The zero-order valence-electron chi connectivity index (χ0n) is 10.3. The van der Waals surface area contributed by atoms with Crippen molar-refractivity contribution in [2.45, 2.75) is 13.0 Å². The van der Waals surface area contributed by atoms with E-state index >= 15 is 0 Å². The standard InChI is InChI=1S/C14H14BrNO2/c1-10(11-6-4-3-5-7-11)16(2)14(17)12-8-9-13(15)18-12/h3-10H,1-2H3. The summed E-state index contributed by atoms with van der Waals surface area (Å²) in [4.78, 5) is 13.9. The fourth-order valence-electron chi connectivity index (χ4n) is 1.73. The molecule has 4 heteroatoms. The number of rotatable bonds is 3. The zero-order valence-corrected chi connectivity index (χ0v) is 11.8. The summed E-state index contributed by atoms with van der Waals surface area (Å²) in [6, 6.07) is 13.3. The van der Waals surface area contributed by atoms with Gasteiger partial charge in [-0.2, -0.15) is 0 Å². The Morgan fingerprint density at radius 3 is 2.44 bits per heavy atom. The Balaban J connectivity index is 2.16. The van der Waals surface area contributed by atoms with Crippen LogP contribution in [0.2, 0.25) is 0 Å². The van der Waals surface area contributed by atoms with Crippen molar-refractivity contribution in [3.8, 4) is 0 Å². The highest BCUT2D eigenvalue weighted by Gasteiger charge is 2.21. The van der Waals surface area contributed by atoms with Gasteiger partial charge in [-0.1, -0.05) is 30.3 Å². The first-order valence-electron chi connectivity index (χ1n) is 5.67. The topological polar surface area (TPSA) is 33.5 Å². The summed E-state index contributed by atoms with van der Waals surface area (Å²) in [6.07, 6.45) is 0. The summed E-state index contributed by atoms with van der Waals surface area (Å²) in [5, 5.41) is 0. The van der Waals surface area contributed by atoms with Crippen LogP contribution < -0.4 is 0 Å². The average Bonchev–Trinajstić information content (AvgIpc) is 2.84. The van der Waals surface area contributed by atoms with Gasteiger partial charge < -0.3 is 9.32 Å². The quantitative estimate of drug-likeness (QED) is 0.862. The Kier molecular flexibility index (Phi) is 3.87. The normalized spacial score (nSPS) is 12.2. The Hall–Kier alpha value is -1.55. The molecule has 18 heavy (non-hydrogen) atoms. The van der Waals surface area contributed by atoms with Gasteiger partial charge in [0.1, 0.15) is 0 Å². The van der Waals surface area contributed by atoms with E-state index in [1.165, 1.54) is 0 Å². The molecule has 94 valence electrons. The molecule has 0 aliphatic carbocycles. The van der Waals surface area contributed by atoms with Crippen LogP contribution in [0.3, 0.4) is 0 Å². The third-order valence-corrected chi connectivity index (χ3v) is 3.39. The van der Waals surface area contributed by atoms with E-state index in [1.807, 2.05) is 37.3 Å². The molecule has 0 fully saturated rings. The van der Waals surface area contributed by atoms with Crippen LogP contribution in [0.1, 0.15) is 29.1 Å². The first kappa shape index (κ1) is 12.9. The van der Waals surface area contributed by atoms with Crippen LogP contribution in [0.25, 0.3) is 0 Å². The summed E-state index contributed by atoms with van der Waals surface area (Å²) in [5.41, 5.74) is 1.10. The second kappa shape index (κ2) is 5.40. The van der Waals surface area contributed by atoms with E-state index in [9.17, 15) is 4.79 Å². The highest BCUT2D eigenvalue weighted by atomic mass is 79.9. The minimum Gasteiger partial charge on any atom is -0.444 e. The van der Waals surface area contributed by atoms with Crippen LogP contribution in [0.15, 0.2) is 51.6 Å². The number of carbonyl (C=O) groups is 1. The van der Waals surface area contributed by atoms with Crippen LogP contribution in [0.4, 0.5) is 0 Å². The molecule has 2 aromatic rings. The number of carbonyl (C=O) groups excluding carboxylic acids is 1. The summed E-state index contributed by atoms with van der Waals surface area (Å²) < 4.78 is 5.84.